The highest BCUT2D eigenvalue weighted by atomic mass is 19.4. The number of fused-ring (bicyclic) bond motifs is 1. The average molecular weight is 414 g/mol. The zero-order valence-corrected chi connectivity index (χ0v) is 16.2. The molecule has 1 aliphatic heterocycles. The van der Waals surface area contributed by atoms with Crippen molar-refractivity contribution in [2.24, 2.45) is 0 Å². The average Bonchev–Trinajstić information content (AvgIpc) is 2.77. The van der Waals surface area contributed by atoms with Gasteiger partial charge in [-0.25, -0.2) is 0 Å². The Morgan fingerprint density at radius 1 is 0.900 bits per heavy atom. The molecule has 1 heterocycles. The maximum atomic E-state index is 12.9. The second-order valence-electron chi connectivity index (χ2n) is 7.18. The van der Waals surface area contributed by atoms with Gasteiger partial charge in [0.15, 0.2) is 6.61 Å². The van der Waals surface area contributed by atoms with Gasteiger partial charge in [0.05, 0.1) is 5.56 Å². The van der Waals surface area contributed by atoms with Crippen molar-refractivity contribution in [1.29, 1.82) is 0 Å². The van der Waals surface area contributed by atoms with Crippen LogP contribution in [0.4, 0.5) is 18.9 Å². The highest BCUT2D eigenvalue weighted by molar-refractivity contribution is 5.88. The summed E-state index contributed by atoms with van der Waals surface area (Å²) in [6, 6.07) is 18.8. The second-order valence-corrected chi connectivity index (χ2v) is 7.18. The molecule has 1 amide bonds. The van der Waals surface area contributed by atoms with Crippen LogP contribution in [0, 0.1) is 0 Å². The number of carbonyl (C=O) groups excluding carboxylic acids is 1. The van der Waals surface area contributed by atoms with Crippen molar-refractivity contribution in [3.05, 3.63) is 72.3 Å². The zero-order chi connectivity index (χ0) is 21.1. The van der Waals surface area contributed by atoms with E-state index in [9.17, 15) is 18.0 Å². The van der Waals surface area contributed by atoms with Crippen LogP contribution in [0.2, 0.25) is 0 Å². The fraction of sp³-hybridized carbons (Fsp3) is 0.261. The fourth-order valence-corrected chi connectivity index (χ4v) is 3.65. The highest BCUT2D eigenvalue weighted by Crippen LogP contribution is 2.32. The molecule has 156 valence electrons. The summed E-state index contributed by atoms with van der Waals surface area (Å²) in [7, 11) is 0. The van der Waals surface area contributed by atoms with E-state index in [4.69, 9.17) is 4.74 Å². The summed E-state index contributed by atoms with van der Waals surface area (Å²) in [4.78, 5) is 16.1. The van der Waals surface area contributed by atoms with Gasteiger partial charge < -0.3 is 14.5 Å². The fourth-order valence-electron chi connectivity index (χ4n) is 3.65. The molecule has 4 rings (SSSR count). The van der Waals surface area contributed by atoms with E-state index in [0.29, 0.717) is 37.6 Å². The summed E-state index contributed by atoms with van der Waals surface area (Å²) in [5.74, 6) is 0.524. The Balaban J connectivity index is 1.35. The SMILES string of the molecule is O=C(COc1cccc2ccccc12)N1CCN(c2cccc(C(F)(F)F)c2)CC1. The number of benzene rings is 3. The van der Waals surface area contributed by atoms with Crippen molar-refractivity contribution in [3.8, 4) is 5.75 Å². The molecule has 0 saturated carbocycles. The molecular formula is C23H21F3N2O2. The van der Waals surface area contributed by atoms with E-state index in [2.05, 4.69) is 0 Å². The van der Waals surface area contributed by atoms with E-state index in [0.717, 1.165) is 22.9 Å². The van der Waals surface area contributed by atoms with E-state index in [-0.39, 0.29) is 12.5 Å². The first-order valence-electron chi connectivity index (χ1n) is 9.72. The molecule has 4 nitrogen and oxygen atoms in total. The number of hydrogen-bond donors (Lipinski definition) is 0. The Labute approximate surface area is 172 Å². The number of hydrogen-bond acceptors (Lipinski definition) is 3. The predicted molar refractivity (Wildman–Crippen MR) is 110 cm³/mol. The summed E-state index contributed by atoms with van der Waals surface area (Å²) < 4.78 is 44.6. The maximum Gasteiger partial charge on any atom is 0.416 e. The van der Waals surface area contributed by atoms with Gasteiger partial charge >= 0.3 is 6.18 Å². The number of alkyl halides is 3. The number of anilines is 1. The van der Waals surface area contributed by atoms with Crippen molar-refractivity contribution in [1.82, 2.24) is 4.90 Å². The number of carbonyl (C=O) groups is 1. The lowest BCUT2D eigenvalue weighted by atomic mass is 10.1. The second kappa shape index (κ2) is 8.26. The smallest absolute Gasteiger partial charge is 0.416 e. The van der Waals surface area contributed by atoms with Crippen LogP contribution in [0.25, 0.3) is 10.8 Å². The third-order valence-electron chi connectivity index (χ3n) is 5.27. The number of nitrogens with zero attached hydrogens (tertiary/aromatic N) is 2. The van der Waals surface area contributed by atoms with Crippen molar-refractivity contribution < 1.29 is 22.7 Å². The lowest BCUT2D eigenvalue weighted by Gasteiger charge is -2.36. The van der Waals surface area contributed by atoms with Crippen LogP contribution in [0.5, 0.6) is 5.75 Å². The number of rotatable bonds is 4. The van der Waals surface area contributed by atoms with Crippen molar-refractivity contribution in [3.63, 3.8) is 0 Å². The van der Waals surface area contributed by atoms with Crippen LogP contribution in [0.1, 0.15) is 5.56 Å². The molecule has 3 aromatic carbocycles. The standard InChI is InChI=1S/C23H21F3N2O2/c24-23(25,26)18-7-4-8-19(15-18)27-11-13-28(14-12-27)22(29)16-30-21-10-3-6-17-5-1-2-9-20(17)21/h1-10,15H,11-14,16H2. The van der Waals surface area contributed by atoms with E-state index < -0.39 is 11.7 Å². The zero-order valence-electron chi connectivity index (χ0n) is 16.2. The number of amides is 1. The van der Waals surface area contributed by atoms with Gasteiger partial charge in [-0.05, 0) is 29.7 Å². The van der Waals surface area contributed by atoms with Crippen LogP contribution in [-0.2, 0) is 11.0 Å². The Morgan fingerprint density at radius 3 is 2.37 bits per heavy atom. The molecule has 1 fully saturated rings. The van der Waals surface area contributed by atoms with Crippen LogP contribution in [0.15, 0.2) is 66.7 Å². The molecule has 1 aliphatic rings. The summed E-state index contributed by atoms with van der Waals surface area (Å²) >= 11 is 0. The topological polar surface area (TPSA) is 32.8 Å². The van der Waals surface area contributed by atoms with Gasteiger partial charge in [0.25, 0.3) is 5.91 Å². The molecule has 0 aliphatic carbocycles. The van der Waals surface area contributed by atoms with E-state index in [1.165, 1.54) is 6.07 Å². The van der Waals surface area contributed by atoms with Gasteiger partial charge in [0.1, 0.15) is 5.75 Å². The Bertz CT molecular complexity index is 1040. The summed E-state index contributed by atoms with van der Waals surface area (Å²) in [5, 5.41) is 1.99. The minimum atomic E-state index is -4.37. The van der Waals surface area contributed by atoms with Gasteiger partial charge in [-0.2, -0.15) is 13.2 Å². The molecule has 7 heteroatoms. The van der Waals surface area contributed by atoms with E-state index in [1.54, 1.807) is 11.0 Å². The van der Waals surface area contributed by atoms with Gasteiger partial charge in [-0.15, -0.1) is 0 Å². The molecule has 0 spiro atoms. The lowest BCUT2D eigenvalue weighted by molar-refractivity contribution is -0.137. The first kappa shape index (κ1) is 20.1. The third kappa shape index (κ3) is 4.35. The molecule has 1 saturated heterocycles. The molecule has 0 bridgehead atoms. The van der Waals surface area contributed by atoms with E-state index >= 15 is 0 Å². The van der Waals surface area contributed by atoms with Crippen LogP contribution < -0.4 is 9.64 Å². The Hall–Kier alpha value is -3.22. The molecule has 0 unspecified atom stereocenters. The van der Waals surface area contributed by atoms with Gasteiger partial charge in [0, 0.05) is 37.3 Å². The molecule has 3 aromatic rings. The molecule has 0 radical (unpaired) electrons. The quantitative estimate of drug-likeness (QED) is 0.626. The highest BCUT2D eigenvalue weighted by Gasteiger charge is 2.31. The summed E-state index contributed by atoms with van der Waals surface area (Å²) in [5.41, 5.74) is -0.147. The van der Waals surface area contributed by atoms with Crippen molar-refractivity contribution in [2.45, 2.75) is 6.18 Å². The van der Waals surface area contributed by atoms with Gasteiger partial charge in [-0.3, -0.25) is 4.79 Å². The van der Waals surface area contributed by atoms with Crippen LogP contribution in [-0.4, -0.2) is 43.6 Å². The maximum absolute atomic E-state index is 12.9. The first-order chi connectivity index (χ1) is 14.4. The predicted octanol–water partition coefficient (Wildman–Crippen LogP) is 4.59. The van der Waals surface area contributed by atoms with Crippen molar-refractivity contribution >= 4 is 22.4 Å². The molecule has 30 heavy (non-hydrogen) atoms. The van der Waals surface area contributed by atoms with Gasteiger partial charge in [0.2, 0.25) is 0 Å². The molecule has 0 atom stereocenters. The minimum absolute atomic E-state index is 0.0719. The van der Waals surface area contributed by atoms with Crippen LogP contribution in [0.3, 0.4) is 0 Å². The Morgan fingerprint density at radius 2 is 1.60 bits per heavy atom. The van der Waals surface area contributed by atoms with E-state index in [1.807, 2.05) is 47.4 Å². The summed E-state index contributed by atoms with van der Waals surface area (Å²) in [6.07, 6.45) is -4.37. The van der Waals surface area contributed by atoms with Crippen LogP contribution >= 0.6 is 0 Å². The third-order valence-corrected chi connectivity index (χ3v) is 5.27. The Kier molecular flexibility index (Phi) is 5.53. The number of halogens is 3. The number of piperazine rings is 1. The molecule has 0 aromatic heterocycles. The molecule has 0 N–H and O–H groups in total. The largest absolute Gasteiger partial charge is 0.483 e. The van der Waals surface area contributed by atoms with Gasteiger partial charge in [-0.1, -0.05) is 42.5 Å². The normalized spacial score (nSPS) is 14.8. The number of ether oxygens (including phenoxy) is 1. The minimum Gasteiger partial charge on any atom is -0.483 e. The first-order valence-corrected chi connectivity index (χ1v) is 9.72. The van der Waals surface area contributed by atoms with Crippen molar-refractivity contribution in [2.75, 3.05) is 37.7 Å². The summed E-state index contributed by atoms with van der Waals surface area (Å²) in [6.45, 7) is 1.75. The molecular weight excluding hydrogens is 393 g/mol. The lowest BCUT2D eigenvalue weighted by Crippen LogP contribution is -2.50. The monoisotopic (exact) mass is 414 g/mol.